The summed E-state index contributed by atoms with van der Waals surface area (Å²) < 4.78 is 0. The first-order valence-electron chi connectivity index (χ1n) is 5.61. The number of nitrogens with one attached hydrogen (secondary N) is 1. The second-order valence-corrected chi connectivity index (χ2v) is 4.34. The number of aromatic nitrogens is 2. The monoisotopic (exact) mass is 263 g/mol. The van der Waals surface area contributed by atoms with Crippen LogP contribution in [0.4, 0.5) is 5.82 Å². The minimum atomic E-state index is -0.212. The van der Waals surface area contributed by atoms with Gasteiger partial charge < -0.3 is 10.4 Å². The molecule has 94 valence electrons. The standard InChI is InChI=1S/C13H14ClN3O/c1-9-3-2-4-10(7-9)11(8-18)16-12-5-6-15-13(14)17-12/h2-7,11,18H,8H2,1H3,(H,15,16,17). The summed E-state index contributed by atoms with van der Waals surface area (Å²) in [7, 11) is 0. The molecule has 0 aliphatic heterocycles. The molecule has 0 radical (unpaired) electrons. The lowest BCUT2D eigenvalue weighted by atomic mass is 10.1. The van der Waals surface area contributed by atoms with Crippen molar-refractivity contribution in [2.24, 2.45) is 0 Å². The molecule has 0 saturated carbocycles. The molecule has 0 fully saturated rings. The van der Waals surface area contributed by atoms with E-state index < -0.39 is 0 Å². The van der Waals surface area contributed by atoms with Crippen molar-refractivity contribution in [3.63, 3.8) is 0 Å². The van der Waals surface area contributed by atoms with Crippen molar-refractivity contribution in [1.29, 1.82) is 0 Å². The third-order valence-corrected chi connectivity index (χ3v) is 2.76. The van der Waals surface area contributed by atoms with Crippen LogP contribution in [0.25, 0.3) is 0 Å². The zero-order valence-electron chi connectivity index (χ0n) is 9.97. The van der Waals surface area contributed by atoms with Crippen LogP contribution in [-0.4, -0.2) is 21.7 Å². The van der Waals surface area contributed by atoms with Crippen molar-refractivity contribution < 1.29 is 5.11 Å². The first-order chi connectivity index (χ1) is 8.69. The summed E-state index contributed by atoms with van der Waals surface area (Å²) in [4.78, 5) is 7.85. The predicted molar refractivity (Wildman–Crippen MR) is 71.7 cm³/mol. The Morgan fingerprint density at radius 2 is 2.22 bits per heavy atom. The zero-order valence-corrected chi connectivity index (χ0v) is 10.7. The van der Waals surface area contributed by atoms with Gasteiger partial charge in [0, 0.05) is 6.20 Å². The van der Waals surface area contributed by atoms with Crippen molar-refractivity contribution in [3.8, 4) is 0 Å². The van der Waals surface area contributed by atoms with Crippen molar-refractivity contribution in [3.05, 3.63) is 52.9 Å². The lowest BCUT2D eigenvalue weighted by Crippen LogP contribution is -2.15. The summed E-state index contributed by atoms with van der Waals surface area (Å²) in [5, 5.41) is 12.8. The Balaban J connectivity index is 2.19. The molecule has 0 saturated heterocycles. The maximum atomic E-state index is 9.46. The largest absolute Gasteiger partial charge is 0.394 e. The number of benzene rings is 1. The molecule has 1 aromatic heterocycles. The van der Waals surface area contributed by atoms with Crippen molar-refractivity contribution in [2.45, 2.75) is 13.0 Å². The molecule has 0 aliphatic carbocycles. The highest BCUT2D eigenvalue weighted by Crippen LogP contribution is 2.19. The lowest BCUT2D eigenvalue weighted by molar-refractivity contribution is 0.276. The number of hydrogen-bond acceptors (Lipinski definition) is 4. The summed E-state index contributed by atoms with van der Waals surface area (Å²) >= 11 is 5.72. The first kappa shape index (κ1) is 12.8. The highest BCUT2D eigenvalue weighted by molar-refractivity contribution is 6.28. The molecule has 1 aromatic carbocycles. The van der Waals surface area contributed by atoms with Crippen LogP contribution in [0.1, 0.15) is 17.2 Å². The average molecular weight is 264 g/mol. The molecule has 18 heavy (non-hydrogen) atoms. The first-order valence-corrected chi connectivity index (χ1v) is 5.99. The van der Waals surface area contributed by atoms with Gasteiger partial charge in [-0.1, -0.05) is 29.8 Å². The van der Waals surface area contributed by atoms with Gasteiger partial charge in [-0.2, -0.15) is 0 Å². The molecule has 2 aromatic rings. The van der Waals surface area contributed by atoms with Gasteiger partial charge in [0.2, 0.25) is 5.28 Å². The van der Waals surface area contributed by atoms with Crippen LogP contribution in [0.15, 0.2) is 36.5 Å². The fourth-order valence-corrected chi connectivity index (χ4v) is 1.86. The summed E-state index contributed by atoms with van der Waals surface area (Å²) in [6, 6.07) is 9.46. The van der Waals surface area contributed by atoms with E-state index in [-0.39, 0.29) is 17.9 Å². The quantitative estimate of drug-likeness (QED) is 0.833. The molecule has 5 heteroatoms. The van der Waals surface area contributed by atoms with Gasteiger partial charge in [0.25, 0.3) is 0 Å². The fourth-order valence-electron chi connectivity index (χ4n) is 1.72. The number of aliphatic hydroxyl groups is 1. The van der Waals surface area contributed by atoms with E-state index in [1.807, 2.05) is 31.2 Å². The fraction of sp³-hybridized carbons (Fsp3) is 0.231. The molecule has 2 rings (SSSR count). The Bertz CT molecular complexity index is 533. The number of hydrogen-bond donors (Lipinski definition) is 2. The van der Waals surface area contributed by atoms with Gasteiger partial charge in [-0.05, 0) is 30.2 Å². The number of nitrogens with zero attached hydrogens (tertiary/aromatic N) is 2. The number of rotatable bonds is 4. The molecule has 0 spiro atoms. The van der Waals surface area contributed by atoms with E-state index in [9.17, 15) is 5.11 Å². The van der Waals surface area contributed by atoms with Crippen LogP contribution in [0.3, 0.4) is 0 Å². The van der Waals surface area contributed by atoms with Crippen molar-refractivity contribution in [1.82, 2.24) is 9.97 Å². The lowest BCUT2D eigenvalue weighted by Gasteiger charge is -2.17. The third-order valence-electron chi connectivity index (χ3n) is 2.58. The summed E-state index contributed by atoms with van der Waals surface area (Å²) in [5.74, 6) is 0.593. The molecule has 2 N–H and O–H groups in total. The molecule has 1 unspecified atom stereocenters. The highest BCUT2D eigenvalue weighted by atomic mass is 35.5. The number of anilines is 1. The second kappa shape index (κ2) is 5.80. The van der Waals surface area contributed by atoms with Crippen molar-refractivity contribution in [2.75, 3.05) is 11.9 Å². The number of aliphatic hydroxyl groups excluding tert-OH is 1. The van der Waals surface area contributed by atoms with Crippen LogP contribution in [0.2, 0.25) is 5.28 Å². The molecule has 0 amide bonds. The van der Waals surface area contributed by atoms with Gasteiger partial charge in [0.15, 0.2) is 0 Å². The van der Waals surface area contributed by atoms with E-state index in [1.165, 1.54) is 0 Å². The Kier molecular flexibility index (Phi) is 4.12. The minimum Gasteiger partial charge on any atom is -0.394 e. The van der Waals surface area contributed by atoms with E-state index in [2.05, 4.69) is 15.3 Å². The van der Waals surface area contributed by atoms with E-state index in [0.717, 1.165) is 11.1 Å². The van der Waals surface area contributed by atoms with Gasteiger partial charge >= 0.3 is 0 Å². The van der Waals surface area contributed by atoms with Crippen LogP contribution < -0.4 is 5.32 Å². The van der Waals surface area contributed by atoms with Gasteiger partial charge in [-0.3, -0.25) is 0 Å². The summed E-state index contributed by atoms with van der Waals surface area (Å²) in [6.07, 6.45) is 1.57. The molecule has 0 aliphatic rings. The average Bonchev–Trinajstić information content (AvgIpc) is 2.36. The topological polar surface area (TPSA) is 58.0 Å². The van der Waals surface area contributed by atoms with Gasteiger partial charge in [0.1, 0.15) is 5.82 Å². The number of halogens is 1. The Hall–Kier alpha value is -1.65. The number of aryl methyl sites for hydroxylation is 1. The zero-order chi connectivity index (χ0) is 13.0. The molecule has 1 atom stereocenters. The van der Waals surface area contributed by atoms with Gasteiger partial charge in [0.05, 0.1) is 12.6 Å². The molecule has 4 nitrogen and oxygen atoms in total. The van der Waals surface area contributed by atoms with E-state index in [1.54, 1.807) is 12.3 Å². The van der Waals surface area contributed by atoms with Crippen LogP contribution >= 0.6 is 11.6 Å². The van der Waals surface area contributed by atoms with Gasteiger partial charge in [-0.25, -0.2) is 9.97 Å². The summed E-state index contributed by atoms with van der Waals surface area (Å²) in [6.45, 7) is 1.99. The van der Waals surface area contributed by atoms with Crippen LogP contribution in [0.5, 0.6) is 0 Å². The molecule has 0 bridgehead atoms. The Labute approximate surface area is 111 Å². The van der Waals surface area contributed by atoms with E-state index in [0.29, 0.717) is 5.82 Å². The van der Waals surface area contributed by atoms with Crippen molar-refractivity contribution >= 4 is 17.4 Å². The SMILES string of the molecule is Cc1cccc(C(CO)Nc2ccnc(Cl)n2)c1. The third kappa shape index (κ3) is 3.18. The van der Waals surface area contributed by atoms with Crippen LogP contribution in [-0.2, 0) is 0 Å². The Morgan fingerprint density at radius 3 is 2.89 bits per heavy atom. The normalized spacial score (nSPS) is 12.2. The van der Waals surface area contributed by atoms with E-state index in [4.69, 9.17) is 11.6 Å². The minimum absolute atomic E-state index is 0.0227. The maximum Gasteiger partial charge on any atom is 0.224 e. The molecule has 1 heterocycles. The smallest absolute Gasteiger partial charge is 0.224 e. The maximum absolute atomic E-state index is 9.46. The highest BCUT2D eigenvalue weighted by Gasteiger charge is 2.11. The predicted octanol–water partition coefficient (Wildman–Crippen LogP) is 2.58. The summed E-state index contributed by atoms with van der Waals surface area (Å²) in [5.41, 5.74) is 2.15. The van der Waals surface area contributed by atoms with Crippen LogP contribution in [0, 0.1) is 6.92 Å². The second-order valence-electron chi connectivity index (χ2n) is 4.00. The van der Waals surface area contributed by atoms with Gasteiger partial charge in [-0.15, -0.1) is 0 Å². The molecular weight excluding hydrogens is 250 g/mol. The van der Waals surface area contributed by atoms with E-state index >= 15 is 0 Å². The molecular formula is C13H14ClN3O. The Morgan fingerprint density at radius 1 is 1.39 bits per heavy atom.